The van der Waals surface area contributed by atoms with Gasteiger partial charge in [-0.25, -0.2) is 13.8 Å². The van der Waals surface area contributed by atoms with Gasteiger partial charge in [-0.3, -0.25) is 4.57 Å². The van der Waals surface area contributed by atoms with Crippen LogP contribution in [0.5, 0.6) is 0 Å². The van der Waals surface area contributed by atoms with Crippen molar-refractivity contribution < 1.29 is 8.78 Å². The second-order valence-electron chi connectivity index (χ2n) is 4.04. The average Bonchev–Trinajstić information content (AvgIpc) is 2.67. The Hall–Kier alpha value is -1.70. The fourth-order valence-corrected chi connectivity index (χ4v) is 2.34. The van der Waals surface area contributed by atoms with E-state index in [2.05, 4.69) is 27.6 Å². The molecule has 0 aliphatic heterocycles. The molecule has 96 valence electrons. The molecule has 0 aliphatic rings. The summed E-state index contributed by atoms with van der Waals surface area (Å²) in [5.74, 6) is -1.25. The third-order valence-electron chi connectivity index (χ3n) is 2.79. The van der Waals surface area contributed by atoms with E-state index >= 15 is 0 Å². The fourth-order valence-electron chi connectivity index (χ4n) is 1.98. The van der Waals surface area contributed by atoms with Crippen LogP contribution in [-0.4, -0.2) is 9.55 Å². The SMILES string of the molecule is Nc1nc2c(F)cc(F)cc2n1-c1ccc(I)cc1. The van der Waals surface area contributed by atoms with Crippen molar-refractivity contribution in [3.8, 4) is 5.69 Å². The molecule has 0 amide bonds. The number of fused-ring (bicyclic) bond motifs is 1. The number of hydrogen-bond acceptors (Lipinski definition) is 2. The predicted octanol–water partition coefficient (Wildman–Crippen LogP) is 3.49. The summed E-state index contributed by atoms with van der Waals surface area (Å²) < 4.78 is 29.6. The lowest BCUT2D eigenvalue weighted by Gasteiger charge is -2.06. The summed E-state index contributed by atoms with van der Waals surface area (Å²) in [6.45, 7) is 0. The largest absolute Gasteiger partial charge is 0.369 e. The molecular formula is C13H8F2IN3. The molecule has 3 rings (SSSR count). The minimum absolute atomic E-state index is 0.0671. The van der Waals surface area contributed by atoms with Gasteiger partial charge in [-0.15, -0.1) is 0 Å². The highest BCUT2D eigenvalue weighted by atomic mass is 127. The number of nitrogen functional groups attached to an aromatic ring is 1. The lowest BCUT2D eigenvalue weighted by Crippen LogP contribution is -2.00. The smallest absolute Gasteiger partial charge is 0.206 e. The zero-order chi connectivity index (χ0) is 13.6. The Kier molecular flexibility index (Phi) is 2.89. The van der Waals surface area contributed by atoms with Crippen LogP contribution in [0.1, 0.15) is 0 Å². The Morgan fingerprint density at radius 2 is 1.79 bits per heavy atom. The van der Waals surface area contributed by atoms with Gasteiger partial charge < -0.3 is 5.73 Å². The van der Waals surface area contributed by atoms with Gasteiger partial charge in [0.25, 0.3) is 0 Å². The van der Waals surface area contributed by atoms with Gasteiger partial charge in [0.1, 0.15) is 11.3 Å². The van der Waals surface area contributed by atoms with Gasteiger partial charge in [-0.2, -0.15) is 0 Å². The molecule has 0 aliphatic carbocycles. The second-order valence-corrected chi connectivity index (χ2v) is 5.28. The first-order chi connectivity index (χ1) is 9.06. The molecule has 2 aromatic carbocycles. The standard InChI is InChI=1S/C13H8F2IN3/c14-7-5-10(15)12-11(6-7)19(13(17)18-12)9-3-1-8(16)2-4-9/h1-6H,(H2,17,18). The molecule has 3 aromatic rings. The summed E-state index contributed by atoms with van der Waals surface area (Å²) in [6, 6.07) is 9.44. The molecule has 0 bridgehead atoms. The third-order valence-corrected chi connectivity index (χ3v) is 3.51. The molecule has 1 aromatic heterocycles. The third kappa shape index (κ3) is 2.05. The molecule has 0 fully saturated rings. The van der Waals surface area contributed by atoms with E-state index in [1.54, 1.807) is 0 Å². The fraction of sp³-hybridized carbons (Fsp3) is 0. The molecule has 1 heterocycles. The highest BCUT2D eigenvalue weighted by molar-refractivity contribution is 14.1. The first-order valence-corrected chi connectivity index (χ1v) is 6.53. The maximum absolute atomic E-state index is 13.6. The highest BCUT2D eigenvalue weighted by Gasteiger charge is 2.14. The normalized spacial score (nSPS) is 11.1. The number of halogens is 3. The van der Waals surface area contributed by atoms with Crippen LogP contribution in [0.2, 0.25) is 0 Å². The number of rotatable bonds is 1. The van der Waals surface area contributed by atoms with Crippen LogP contribution < -0.4 is 5.73 Å². The summed E-state index contributed by atoms with van der Waals surface area (Å²) in [5, 5.41) is 0. The van der Waals surface area contributed by atoms with E-state index in [4.69, 9.17) is 5.73 Å². The molecule has 0 unspecified atom stereocenters. The molecule has 0 saturated carbocycles. The summed E-state index contributed by atoms with van der Waals surface area (Å²) in [7, 11) is 0. The summed E-state index contributed by atoms with van der Waals surface area (Å²) in [5.41, 5.74) is 6.90. The molecule has 0 atom stereocenters. The number of nitrogens with zero attached hydrogens (tertiary/aromatic N) is 2. The predicted molar refractivity (Wildman–Crippen MR) is 78.1 cm³/mol. The van der Waals surface area contributed by atoms with Gasteiger partial charge in [-0.05, 0) is 46.9 Å². The van der Waals surface area contributed by atoms with Crippen molar-refractivity contribution in [2.45, 2.75) is 0 Å². The Balaban J connectivity index is 2.34. The Morgan fingerprint density at radius 3 is 2.47 bits per heavy atom. The van der Waals surface area contributed by atoms with Crippen molar-refractivity contribution in [3.05, 3.63) is 51.6 Å². The maximum Gasteiger partial charge on any atom is 0.206 e. The lowest BCUT2D eigenvalue weighted by atomic mass is 10.2. The van der Waals surface area contributed by atoms with E-state index in [1.165, 1.54) is 10.6 Å². The van der Waals surface area contributed by atoms with Gasteiger partial charge in [0.15, 0.2) is 5.82 Å². The van der Waals surface area contributed by atoms with Crippen LogP contribution in [0.15, 0.2) is 36.4 Å². The summed E-state index contributed by atoms with van der Waals surface area (Å²) in [6.07, 6.45) is 0. The van der Waals surface area contributed by atoms with E-state index in [0.717, 1.165) is 9.64 Å². The number of aromatic nitrogens is 2. The molecule has 0 spiro atoms. The van der Waals surface area contributed by atoms with Crippen LogP contribution in [0.25, 0.3) is 16.7 Å². The van der Waals surface area contributed by atoms with Crippen molar-refractivity contribution in [3.63, 3.8) is 0 Å². The Labute approximate surface area is 121 Å². The molecule has 19 heavy (non-hydrogen) atoms. The quantitative estimate of drug-likeness (QED) is 0.666. The first kappa shape index (κ1) is 12.3. The van der Waals surface area contributed by atoms with Crippen LogP contribution in [-0.2, 0) is 0 Å². The number of hydrogen-bond donors (Lipinski definition) is 1. The van der Waals surface area contributed by atoms with Crippen LogP contribution in [0, 0.1) is 15.2 Å². The minimum atomic E-state index is -0.717. The average molecular weight is 371 g/mol. The number of anilines is 1. The van der Waals surface area contributed by atoms with Gasteiger partial charge in [-0.1, -0.05) is 0 Å². The second kappa shape index (κ2) is 4.44. The monoisotopic (exact) mass is 371 g/mol. The number of imidazole rings is 1. The van der Waals surface area contributed by atoms with E-state index < -0.39 is 11.6 Å². The number of benzene rings is 2. The molecular weight excluding hydrogens is 363 g/mol. The van der Waals surface area contributed by atoms with Crippen LogP contribution in [0.3, 0.4) is 0 Å². The summed E-state index contributed by atoms with van der Waals surface area (Å²) >= 11 is 2.18. The van der Waals surface area contributed by atoms with Crippen molar-refractivity contribution in [2.24, 2.45) is 0 Å². The van der Waals surface area contributed by atoms with Gasteiger partial charge in [0.2, 0.25) is 5.95 Å². The van der Waals surface area contributed by atoms with E-state index in [9.17, 15) is 8.78 Å². The maximum atomic E-state index is 13.6. The highest BCUT2D eigenvalue weighted by Crippen LogP contribution is 2.26. The van der Waals surface area contributed by atoms with Gasteiger partial charge >= 0.3 is 0 Å². The molecule has 6 heteroatoms. The zero-order valence-electron chi connectivity index (χ0n) is 9.57. The number of nitrogens with two attached hydrogens (primary N) is 1. The van der Waals surface area contributed by atoms with E-state index in [0.29, 0.717) is 11.2 Å². The first-order valence-electron chi connectivity index (χ1n) is 5.45. The Bertz CT molecular complexity index is 766. The van der Waals surface area contributed by atoms with E-state index in [1.807, 2.05) is 24.3 Å². The molecule has 0 saturated heterocycles. The van der Waals surface area contributed by atoms with Crippen molar-refractivity contribution in [2.75, 3.05) is 5.73 Å². The van der Waals surface area contributed by atoms with Crippen molar-refractivity contribution in [1.82, 2.24) is 9.55 Å². The van der Waals surface area contributed by atoms with Gasteiger partial charge in [0, 0.05) is 21.4 Å². The van der Waals surface area contributed by atoms with Crippen molar-refractivity contribution in [1.29, 1.82) is 0 Å². The van der Waals surface area contributed by atoms with Crippen molar-refractivity contribution >= 4 is 39.6 Å². The molecule has 0 radical (unpaired) electrons. The topological polar surface area (TPSA) is 43.8 Å². The van der Waals surface area contributed by atoms with Crippen LogP contribution in [0.4, 0.5) is 14.7 Å². The minimum Gasteiger partial charge on any atom is -0.369 e. The lowest BCUT2D eigenvalue weighted by molar-refractivity contribution is 0.590. The molecule has 2 N–H and O–H groups in total. The molecule has 3 nitrogen and oxygen atoms in total. The van der Waals surface area contributed by atoms with Gasteiger partial charge in [0.05, 0.1) is 5.52 Å². The Morgan fingerprint density at radius 1 is 1.11 bits per heavy atom. The zero-order valence-corrected chi connectivity index (χ0v) is 11.7. The van der Waals surface area contributed by atoms with Crippen LogP contribution >= 0.6 is 22.6 Å². The summed E-state index contributed by atoms with van der Waals surface area (Å²) in [4.78, 5) is 3.95. The van der Waals surface area contributed by atoms with E-state index in [-0.39, 0.29) is 11.5 Å².